The van der Waals surface area contributed by atoms with E-state index >= 15 is 0 Å². The molecule has 1 atom stereocenters. The second-order valence-corrected chi connectivity index (χ2v) is 4.54. The summed E-state index contributed by atoms with van der Waals surface area (Å²) in [6, 6.07) is 5.45. The van der Waals surface area contributed by atoms with Crippen LogP contribution in [0.3, 0.4) is 0 Å². The van der Waals surface area contributed by atoms with E-state index in [-0.39, 0.29) is 12.0 Å². The van der Waals surface area contributed by atoms with Gasteiger partial charge in [-0.05, 0) is 37.1 Å². The number of esters is 1. The summed E-state index contributed by atoms with van der Waals surface area (Å²) in [5.41, 5.74) is 1.98. The number of hydrogen-bond acceptors (Lipinski definition) is 4. The maximum Gasteiger partial charge on any atom is 0.328 e. The smallest absolute Gasteiger partial charge is 0.328 e. The lowest BCUT2D eigenvalue weighted by Gasteiger charge is -2.19. The van der Waals surface area contributed by atoms with E-state index in [1.807, 2.05) is 25.1 Å². The molecule has 1 aromatic carbocycles. The summed E-state index contributed by atoms with van der Waals surface area (Å²) >= 11 is 0. The summed E-state index contributed by atoms with van der Waals surface area (Å²) in [5, 5.41) is 3.25. The van der Waals surface area contributed by atoms with Gasteiger partial charge in [-0.3, -0.25) is 0 Å². The number of unbranched alkanes of at least 4 members (excludes halogenated alkanes) is 1. The molecule has 0 aliphatic heterocycles. The maximum absolute atomic E-state index is 11.7. The van der Waals surface area contributed by atoms with Gasteiger partial charge in [0.1, 0.15) is 11.8 Å². The quantitative estimate of drug-likeness (QED) is 0.769. The zero-order chi connectivity index (χ0) is 14.3. The normalized spacial score (nSPS) is 11.8. The number of carbonyl (C=O) groups excluding carboxylic acids is 1. The Hall–Kier alpha value is -1.71. The second-order valence-electron chi connectivity index (χ2n) is 4.54. The predicted octanol–water partition coefficient (Wildman–Crippen LogP) is 3.15. The Morgan fingerprint density at radius 2 is 2.11 bits per heavy atom. The number of hydrogen-bond donors (Lipinski definition) is 1. The van der Waals surface area contributed by atoms with Crippen molar-refractivity contribution in [3.63, 3.8) is 0 Å². The molecule has 0 aromatic heterocycles. The summed E-state index contributed by atoms with van der Waals surface area (Å²) in [4.78, 5) is 11.7. The van der Waals surface area contributed by atoms with Gasteiger partial charge in [-0.25, -0.2) is 4.79 Å². The molecular formula is C15H23NO3. The molecule has 0 amide bonds. The molecule has 0 saturated heterocycles. The molecule has 0 spiro atoms. The number of aryl methyl sites for hydroxylation is 1. The van der Waals surface area contributed by atoms with E-state index in [0.29, 0.717) is 0 Å². The third-order valence-electron chi connectivity index (χ3n) is 3.10. The van der Waals surface area contributed by atoms with Crippen LogP contribution in [0.2, 0.25) is 0 Å². The van der Waals surface area contributed by atoms with Gasteiger partial charge in [-0.15, -0.1) is 0 Å². The number of nitrogens with one attached hydrogen (secondary N) is 1. The lowest BCUT2D eigenvalue weighted by atomic mass is 10.1. The van der Waals surface area contributed by atoms with Crippen LogP contribution in [0.4, 0.5) is 5.69 Å². The van der Waals surface area contributed by atoms with Crippen molar-refractivity contribution in [2.24, 2.45) is 0 Å². The molecule has 1 N–H and O–H groups in total. The summed E-state index contributed by atoms with van der Waals surface area (Å²) in [7, 11) is 3.06. The SMILES string of the molecule is CCCCC(Nc1ccc(OC)cc1C)C(=O)OC. The van der Waals surface area contributed by atoms with Crippen molar-refractivity contribution in [2.75, 3.05) is 19.5 Å². The highest BCUT2D eigenvalue weighted by molar-refractivity contribution is 5.79. The minimum atomic E-state index is -0.294. The first kappa shape index (κ1) is 15.3. The Balaban J connectivity index is 2.80. The summed E-state index contributed by atoms with van der Waals surface area (Å²) in [5.74, 6) is 0.592. The van der Waals surface area contributed by atoms with Crippen LogP contribution < -0.4 is 10.1 Å². The Morgan fingerprint density at radius 1 is 1.37 bits per heavy atom. The zero-order valence-corrected chi connectivity index (χ0v) is 12.2. The molecule has 19 heavy (non-hydrogen) atoms. The van der Waals surface area contributed by atoms with Gasteiger partial charge in [0.2, 0.25) is 0 Å². The highest BCUT2D eigenvalue weighted by atomic mass is 16.5. The van der Waals surface area contributed by atoms with Gasteiger partial charge in [-0.2, -0.15) is 0 Å². The van der Waals surface area contributed by atoms with Gasteiger partial charge in [-0.1, -0.05) is 19.8 Å². The van der Waals surface area contributed by atoms with E-state index in [2.05, 4.69) is 12.2 Å². The van der Waals surface area contributed by atoms with Crippen molar-refractivity contribution in [1.29, 1.82) is 0 Å². The van der Waals surface area contributed by atoms with Crippen molar-refractivity contribution < 1.29 is 14.3 Å². The number of anilines is 1. The van der Waals surface area contributed by atoms with E-state index < -0.39 is 0 Å². The van der Waals surface area contributed by atoms with Crippen molar-refractivity contribution in [1.82, 2.24) is 0 Å². The zero-order valence-electron chi connectivity index (χ0n) is 12.2. The maximum atomic E-state index is 11.7. The van der Waals surface area contributed by atoms with E-state index in [9.17, 15) is 4.79 Å². The molecule has 0 fully saturated rings. The number of methoxy groups -OCH3 is 2. The molecule has 0 radical (unpaired) electrons. The average Bonchev–Trinajstić information content (AvgIpc) is 2.43. The van der Waals surface area contributed by atoms with Crippen molar-refractivity contribution >= 4 is 11.7 Å². The van der Waals surface area contributed by atoms with Crippen LogP contribution >= 0.6 is 0 Å². The molecule has 106 valence electrons. The van der Waals surface area contributed by atoms with Crippen molar-refractivity contribution in [3.05, 3.63) is 23.8 Å². The van der Waals surface area contributed by atoms with Gasteiger partial charge in [0.25, 0.3) is 0 Å². The molecule has 0 bridgehead atoms. The van der Waals surface area contributed by atoms with Crippen LogP contribution in [0.15, 0.2) is 18.2 Å². The van der Waals surface area contributed by atoms with Crippen LogP contribution in [0.1, 0.15) is 31.7 Å². The van der Waals surface area contributed by atoms with E-state index in [1.54, 1.807) is 7.11 Å². The topological polar surface area (TPSA) is 47.6 Å². The van der Waals surface area contributed by atoms with E-state index in [4.69, 9.17) is 9.47 Å². The average molecular weight is 265 g/mol. The number of carbonyl (C=O) groups is 1. The second kappa shape index (κ2) is 7.67. The van der Waals surface area contributed by atoms with Gasteiger partial charge in [0.15, 0.2) is 0 Å². The molecule has 4 heteroatoms. The van der Waals surface area contributed by atoms with Crippen LogP contribution in [-0.2, 0) is 9.53 Å². The van der Waals surface area contributed by atoms with Crippen LogP contribution in [0, 0.1) is 6.92 Å². The minimum absolute atomic E-state index is 0.219. The number of benzene rings is 1. The molecule has 1 rings (SSSR count). The van der Waals surface area contributed by atoms with Crippen molar-refractivity contribution in [3.8, 4) is 5.75 Å². The highest BCUT2D eigenvalue weighted by Crippen LogP contribution is 2.22. The van der Waals surface area contributed by atoms with Crippen molar-refractivity contribution in [2.45, 2.75) is 39.2 Å². The Labute approximate surface area is 115 Å². The standard InChI is InChI=1S/C15H23NO3/c1-5-6-7-14(15(17)19-4)16-13-9-8-12(18-3)10-11(13)2/h8-10,14,16H,5-7H2,1-4H3. The van der Waals surface area contributed by atoms with Crippen LogP contribution in [0.25, 0.3) is 0 Å². The van der Waals surface area contributed by atoms with Gasteiger partial charge in [0, 0.05) is 5.69 Å². The molecule has 1 aromatic rings. The molecule has 0 aliphatic rings. The molecule has 0 aliphatic carbocycles. The first-order valence-electron chi connectivity index (χ1n) is 6.61. The summed E-state index contributed by atoms with van der Waals surface area (Å²) in [6.07, 6.45) is 2.81. The lowest BCUT2D eigenvalue weighted by Crippen LogP contribution is -2.30. The first-order valence-corrected chi connectivity index (χ1v) is 6.61. The van der Waals surface area contributed by atoms with Gasteiger partial charge >= 0.3 is 5.97 Å². The van der Waals surface area contributed by atoms with Crippen LogP contribution in [0.5, 0.6) is 5.75 Å². The molecular weight excluding hydrogens is 242 g/mol. The van der Waals surface area contributed by atoms with E-state index in [1.165, 1.54) is 7.11 Å². The monoisotopic (exact) mass is 265 g/mol. The molecule has 0 heterocycles. The molecule has 1 unspecified atom stereocenters. The number of rotatable bonds is 7. The Morgan fingerprint density at radius 3 is 2.63 bits per heavy atom. The lowest BCUT2D eigenvalue weighted by molar-refractivity contribution is -0.141. The third kappa shape index (κ3) is 4.47. The fourth-order valence-electron chi connectivity index (χ4n) is 1.91. The van der Waals surface area contributed by atoms with Crippen LogP contribution in [-0.4, -0.2) is 26.2 Å². The van der Waals surface area contributed by atoms with E-state index in [0.717, 1.165) is 36.3 Å². The highest BCUT2D eigenvalue weighted by Gasteiger charge is 2.18. The van der Waals surface area contributed by atoms with Gasteiger partial charge < -0.3 is 14.8 Å². The number of ether oxygens (including phenoxy) is 2. The summed E-state index contributed by atoms with van der Waals surface area (Å²) in [6.45, 7) is 4.09. The van der Waals surface area contributed by atoms with Gasteiger partial charge in [0.05, 0.1) is 14.2 Å². The Kier molecular flexibility index (Phi) is 6.19. The predicted molar refractivity (Wildman–Crippen MR) is 76.7 cm³/mol. The first-order chi connectivity index (χ1) is 9.12. The summed E-state index contributed by atoms with van der Waals surface area (Å²) < 4.78 is 10.0. The fourth-order valence-corrected chi connectivity index (χ4v) is 1.91. The Bertz CT molecular complexity index is 418. The third-order valence-corrected chi connectivity index (χ3v) is 3.10. The fraction of sp³-hybridized carbons (Fsp3) is 0.533. The molecule has 4 nitrogen and oxygen atoms in total. The molecule has 0 saturated carbocycles. The minimum Gasteiger partial charge on any atom is -0.497 e. The largest absolute Gasteiger partial charge is 0.497 e.